The fourth-order valence-electron chi connectivity index (χ4n) is 4.18. The second-order valence-electron chi connectivity index (χ2n) is 7.28. The molecule has 0 unspecified atom stereocenters. The Morgan fingerprint density at radius 3 is 1.97 bits per heavy atom. The molecule has 0 radical (unpaired) electrons. The summed E-state index contributed by atoms with van der Waals surface area (Å²) in [6, 6.07) is 26.4. The summed E-state index contributed by atoms with van der Waals surface area (Å²) < 4.78 is 0. The number of para-hydroxylation sites is 2. The van der Waals surface area contributed by atoms with Crippen LogP contribution in [0, 0.1) is 5.92 Å². The number of fused-ring (bicyclic) bond motifs is 1. The molecule has 3 aromatic carbocycles. The number of hydrogen-bond donors (Lipinski definition) is 0. The van der Waals surface area contributed by atoms with E-state index < -0.39 is 18.1 Å². The first kappa shape index (κ1) is 18.9. The number of benzene rings is 3. The van der Waals surface area contributed by atoms with Crippen molar-refractivity contribution < 1.29 is 14.4 Å². The molecule has 3 atom stereocenters. The quantitative estimate of drug-likeness (QED) is 0.464. The molecule has 0 spiro atoms. The molecule has 0 aromatic heterocycles. The number of imide groups is 1. The number of carbonyl (C=O) groups is 2. The average molecular weight is 417 g/mol. The fraction of sp³-hybridized carbons (Fsp3) is 0.167. The monoisotopic (exact) mass is 416 g/mol. The first-order valence-electron chi connectivity index (χ1n) is 9.77. The lowest BCUT2D eigenvalue weighted by molar-refractivity contribution is -0.126. The van der Waals surface area contributed by atoms with Crippen LogP contribution in [0.25, 0.3) is 0 Å². The van der Waals surface area contributed by atoms with E-state index >= 15 is 0 Å². The minimum absolute atomic E-state index is 0.228. The molecule has 5 nitrogen and oxygen atoms in total. The Hall–Kier alpha value is -3.09. The number of carbonyl (C=O) groups excluding carboxylic acids is 2. The summed E-state index contributed by atoms with van der Waals surface area (Å²) >= 11 is 1.66. The van der Waals surface area contributed by atoms with Gasteiger partial charge in [0.25, 0.3) is 5.91 Å². The zero-order valence-corrected chi connectivity index (χ0v) is 17.2. The number of hydrogen-bond acceptors (Lipinski definition) is 5. The van der Waals surface area contributed by atoms with Gasteiger partial charge in [0.1, 0.15) is 5.92 Å². The predicted molar refractivity (Wildman–Crippen MR) is 117 cm³/mol. The molecule has 0 saturated carbocycles. The van der Waals surface area contributed by atoms with Crippen LogP contribution in [0.15, 0.2) is 89.8 Å². The molecule has 150 valence electrons. The SMILES string of the molecule is CSc1ccc([C@H]2[C@@H]3C(=O)N(c4ccccc4)C(=O)[C@H]3ON2c2ccccc2)cc1. The third kappa shape index (κ3) is 3.00. The van der Waals surface area contributed by atoms with E-state index in [1.165, 1.54) is 4.90 Å². The maximum atomic E-state index is 13.5. The van der Waals surface area contributed by atoms with E-state index in [9.17, 15) is 9.59 Å². The van der Waals surface area contributed by atoms with Gasteiger partial charge < -0.3 is 0 Å². The first-order chi connectivity index (χ1) is 14.7. The van der Waals surface area contributed by atoms with Crippen molar-refractivity contribution >= 4 is 35.0 Å². The largest absolute Gasteiger partial charge is 0.273 e. The number of thioether (sulfide) groups is 1. The minimum Gasteiger partial charge on any atom is -0.273 e. The van der Waals surface area contributed by atoms with E-state index in [4.69, 9.17) is 4.84 Å². The summed E-state index contributed by atoms with van der Waals surface area (Å²) in [7, 11) is 0. The summed E-state index contributed by atoms with van der Waals surface area (Å²) in [6.07, 6.45) is 1.18. The van der Waals surface area contributed by atoms with Crippen LogP contribution in [0.5, 0.6) is 0 Å². The van der Waals surface area contributed by atoms with Crippen molar-refractivity contribution in [1.82, 2.24) is 0 Å². The third-order valence-corrected chi connectivity index (χ3v) is 6.34. The summed E-state index contributed by atoms with van der Waals surface area (Å²) in [5.41, 5.74) is 2.34. The van der Waals surface area contributed by atoms with Crippen LogP contribution in [-0.4, -0.2) is 24.2 Å². The molecule has 0 aliphatic carbocycles. The van der Waals surface area contributed by atoms with E-state index in [0.29, 0.717) is 5.69 Å². The smallest absolute Gasteiger partial charge is 0.266 e. The van der Waals surface area contributed by atoms with Gasteiger partial charge in [-0.15, -0.1) is 11.8 Å². The van der Waals surface area contributed by atoms with Crippen molar-refractivity contribution in [2.45, 2.75) is 17.0 Å². The van der Waals surface area contributed by atoms with Gasteiger partial charge in [-0.1, -0.05) is 48.5 Å². The lowest BCUT2D eigenvalue weighted by Crippen LogP contribution is -2.37. The maximum absolute atomic E-state index is 13.5. The zero-order valence-electron chi connectivity index (χ0n) is 16.3. The summed E-state index contributed by atoms with van der Waals surface area (Å²) in [5, 5.41) is 1.72. The number of anilines is 2. The van der Waals surface area contributed by atoms with Crippen molar-refractivity contribution in [2.24, 2.45) is 5.92 Å². The highest BCUT2D eigenvalue weighted by atomic mass is 32.2. The Morgan fingerprint density at radius 2 is 1.37 bits per heavy atom. The molecule has 30 heavy (non-hydrogen) atoms. The molecule has 3 aromatic rings. The second-order valence-corrected chi connectivity index (χ2v) is 8.16. The molecule has 0 N–H and O–H groups in total. The Bertz CT molecular complexity index is 1070. The van der Waals surface area contributed by atoms with Gasteiger partial charge in [-0.05, 0) is 48.2 Å². The molecular weight excluding hydrogens is 396 g/mol. The Morgan fingerprint density at radius 1 is 0.767 bits per heavy atom. The Labute approximate surface area is 179 Å². The van der Waals surface area contributed by atoms with Gasteiger partial charge in [0, 0.05) is 4.90 Å². The molecule has 2 saturated heterocycles. The minimum atomic E-state index is -0.844. The van der Waals surface area contributed by atoms with Gasteiger partial charge in [-0.2, -0.15) is 0 Å². The fourth-order valence-corrected chi connectivity index (χ4v) is 4.59. The lowest BCUT2D eigenvalue weighted by Gasteiger charge is -2.28. The van der Waals surface area contributed by atoms with Crippen LogP contribution in [0.3, 0.4) is 0 Å². The van der Waals surface area contributed by atoms with E-state index in [1.807, 2.05) is 79.1 Å². The van der Waals surface area contributed by atoms with Crippen LogP contribution < -0.4 is 9.96 Å². The van der Waals surface area contributed by atoms with Gasteiger partial charge in [-0.25, -0.2) is 9.96 Å². The zero-order chi connectivity index (χ0) is 20.7. The molecule has 2 heterocycles. The van der Waals surface area contributed by atoms with Crippen LogP contribution >= 0.6 is 11.8 Å². The number of hydroxylamine groups is 1. The summed E-state index contributed by atoms with van der Waals surface area (Å²) in [6.45, 7) is 0. The maximum Gasteiger partial charge on any atom is 0.266 e. The van der Waals surface area contributed by atoms with Gasteiger partial charge in [0.05, 0.1) is 17.4 Å². The first-order valence-corrected chi connectivity index (χ1v) is 11.0. The van der Waals surface area contributed by atoms with Crippen LogP contribution in [0.4, 0.5) is 11.4 Å². The molecule has 0 bridgehead atoms. The molecule has 2 aliphatic heterocycles. The number of amides is 2. The third-order valence-electron chi connectivity index (χ3n) is 5.60. The summed E-state index contributed by atoms with van der Waals surface area (Å²) in [5.74, 6) is -1.16. The molecule has 2 amide bonds. The van der Waals surface area contributed by atoms with Gasteiger partial charge >= 0.3 is 0 Å². The van der Waals surface area contributed by atoms with Crippen LogP contribution in [-0.2, 0) is 14.4 Å². The normalized spacial score (nSPS) is 23.2. The number of nitrogens with zero attached hydrogens (tertiary/aromatic N) is 2. The van der Waals surface area contributed by atoms with Crippen LogP contribution in [0.1, 0.15) is 11.6 Å². The van der Waals surface area contributed by atoms with Gasteiger partial charge in [0.15, 0.2) is 6.10 Å². The highest BCUT2D eigenvalue weighted by molar-refractivity contribution is 7.98. The average Bonchev–Trinajstić information content (AvgIpc) is 3.31. The standard InChI is InChI=1S/C24H20N2O3S/c1-30-19-14-12-16(13-15-19)21-20-22(29-26(21)18-10-6-3-7-11-18)24(28)25(23(20)27)17-8-4-2-5-9-17/h2-15,20-22H,1H3/t20-,21-,22-/m0/s1. The molecule has 5 rings (SSSR count). The van der Waals surface area contributed by atoms with Gasteiger partial charge in [-0.3, -0.25) is 14.4 Å². The number of rotatable bonds is 4. The van der Waals surface area contributed by atoms with Crippen molar-refractivity contribution in [3.05, 3.63) is 90.5 Å². The molecule has 2 aliphatic rings. The summed E-state index contributed by atoms with van der Waals surface area (Å²) in [4.78, 5) is 35.2. The highest BCUT2D eigenvalue weighted by Crippen LogP contribution is 2.47. The van der Waals surface area contributed by atoms with E-state index in [0.717, 1.165) is 16.1 Å². The van der Waals surface area contributed by atoms with Crippen molar-refractivity contribution in [2.75, 3.05) is 16.2 Å². The molecule has 6 heteroatoms. The lowest BCUT2D eigenvalue weighted by atomic mass is 9.90. The Kier molecular flexibility index (Phi) is 4.81. The van der Waals surface area contributed by atoms with E-state index in [2.05, 4.69) is 0 Å². The second kappa shape index (κ2) is 7.63. The van der Waals surface area contributed by atoms with E-state index in [-0.39, 0.29) is 11.8 Å². The highest BCUT2D eigenvalue weighted by Gasteiger charge is 2.60. The molecule has 2 fully saturated rings. The Balaban J connectivity index is 1.58. The topological polar surface area (TPSA) is 49.9 Å². The van der Waals surface area contributed by atoms with Crippen molar-refractivity contribution in [1.29, 1.82) is 0 Å². The predicted octanol–water partition coefficient (Wildman–Crippen LogP) is 4.46. The molecular formula is C24H20N2O3S. The van der Waals surface area contributed by atoms with E-state index in [1.54, 1.807) is 29.0 Å². The van der Waals surface area contributed by atoms with Crippen LogP contribution in [0.2, 0.25) is 0 Å². The van der Waals surface area contributed by atoms with Crippen molar-refractivity contribution in [3.8, 4) is 0 Å². The van der Waals surface area contributed by atoms with Crippen molar-refractivity contribution in [3.63, 3.8) is 0 Å². The van der Waals surface area contributed by atoms with Gasteiger partial charge in [0.2, 0.25) is 5.91 Å².